The van der Waals surface area contributed by atoms with E-state index in [0.717, 1.165) is 0 Å². The number of anilines is 1. The summed E-state index contributed by atoms with van der Waals surface area (Å²) in [7, 11) is 2.25. The summed E-state index contributed by atoms with van der Waals surface area (Å²) < 4.78 is 0. The highest BCUT2D eigenvalue weighted by Crippen LogP contribution is 2.46. The lowest BCUT2D eigenvalue weighted by molar-refractivity contribution is 0.406. The van der Waals surface area contributed by atoms with E-state index in [4.69, 9.17) is 4.98 Å². The molecule has 1 aliphatic rings. The Morgan fingerprint density at radius 1 is 1.15 bits per heavy atom. The lowest BCUT2D eigenvalue weighted by atomic mass is 9.76. The van der Waals surface area contributed by atoms with Crippen LogP contribution in [0.4, 0.5) is 5.69 Å². The third-order valence-corrected chi connectivity index (χ3v) is 5.05. The summed E-state index contributed by atoms with van der Waals surface area (Å²) in [6.07, 6.45) is 1.24. The van der Waals surface area contributed by atoms with Gasteiger partial charge in [0.15, 0.2) is 0 Å². The van der Waals surface area contributed by atoms with Crippen LogP contribution in [-0.2, 0) is 0 Å². The van der Waals surface area contributed by atoms with Gasteiger partial charge in [-0.05, 0) is 50.5 Å². The molecule has 0 aromatic carbocycles. The van der Waals surface area contributed by atoms with Crippen molar-refractivity contribution in [3.63, 3.8) is 0 Å². The Morgan fingerprint density at radius 3 is 2.25 bits per heavy atom. The fraction of sp³-hybridized carbons (Fsp3) is 0.722. The predicted octanol–water partition coefficient (Wildman–Crippen LogP) is 4.79. The Morgan fingerprint density at radius 2 is 1.75 bits per heavy atom. The summed E-state index contributed by atoms with van der Waals surface area (Å²) in [5.41, 5.74) is 6.86. The van der Waals surface area contributed by atoms with Gasteiger partial charge in [0.1, 0.15) is 0 Å². The second-order valence-electron chi connectivity index (χ2n) is 7.17. The molecule has 0 fully saturated rings. The number of nitrogens with zero attached hydrogens (tertiary/aromatic N) is 2. The minimum atomic E-state index is 0.492. The number of hydrogen-bond acceptors (Lipinski definition) is 2. The van der Waals surface area contributed by atoms with Crippen LogP contribution in [0.15, 0.2) is 0 Å². The topological polar surface area (TPSA) is 16.1 Å². The Balaban J connectivity index is 2.76. The van der Waals surface area contributed by atoms with E-state index in [9.17, 15) is 0 Å². The molecule has 2 rings (SSSR count). The van der Waals surface area contributed by atoms with E-state index in [1.807, 2.05) is 0 Å². The van der Waals surface area contributed by atoms with E-state index in [-0.39, 0.29) is 0 Å². The molecule has 112 valence electrons. The minimum Gasteiger partial charge on any atom is -0.371 e. The van der Waals surface area contributed by atoms with Gasteiger partial charge in [-0.15, -0.1) is 0 Å². The van der Waals surface area contributed by atoms with E-state index in [1.165, 1.54) is 34.6 Å². The van der Waals surface area contributed by atoms with E-state index in [2.05, 4.69) is 60.4 Å². The van der Waals surface area contributed by atoms with Gasteiger partial charge < -0.3 is 4.90 Å². The zero-order valence-corrected chi connectivity index (χ0v) is 14.4. The summed E-state index contributed by atoms with van der Waals surface area (Å²) in [6, 6.07) is 0.607. The van der Waals surface area contributed by atoms with Crippen molar-refractivity contribution in [2.24, 2.45) is 5.92 Å². The Bertz CT molecular complexity index is 503. The van der Waals surface area contributed by atoms with Crippen LogP contribution in [0.1, 0.15) is 75.4 Å². The van der Waals surface area contributed by atoms with Gasteiger partial charge in [-0.25, -0.2) is 0 Å². The Hall–Kier alpha value is -1.05. The first-order chi connectivity index (χ1) is 9.25. The maximum Gasteiger partial charge on any atom is 0.0487 e. The van der Waals surface area contributed by atoms with Crippen molar-refractivity contribution in [1.82, 2.24) is 4.98 Å². The van der Waals surface area contributed by atoms with Crippen LogP contribution in [0.25, 0.3) is 0 Å². The van der Waals surface area contributed by atoms with Gasteiger partial charge in [0, 0.05) is 35.7 Å². The van der Waals surface area contributed by atoms with Crippen LogP contribution in [0.5, 0.6) is 0 Å². The molecular weight excluding hydrogens is 244 g/mol. The molecule has 1 aliphatic heterocycles. The number of fused-ring (bicyclic) bond motifs is 1. The summed E-state index contributed by atoms with van der Waals surface area (Å²) in [5, 5.41) is 0. The van der Waals surface area contributed by atoms with Crippen molar-refractivity contribution in [1.29, 1.82) is 0 Å². The minimum absolute atomic E-state index is 0.492. The number of rotatable bonds is 2. The van der Waals surface area contributed by atoms with Crippen molar-refractivity contribution in [3.8, 4) is 0 Å². The van der Waals surface area contributed by atoms with Gasteiger partial charge in [-0.3, -0.25) is 4.98 Å². The molecule has 1 unspecified atom stereocenters. The van der Waals surface area contributed by atoms with Crippen LogP contribution in [0, 0.1) is 19.8 Å². The van der Waals surface area contributed by atoms with Crippen molar-refractivity contribution >= 4 is 5.69 Å². The van der Waals surface area contributed by atoms with Crippen LogP contribution < -0.4 is 4.90 Å². The standard InChI is InChI=1S/C18H30N2/c1-10(2)15-9-12(5)20(8)18-13(6)14(7)19-17(11(3)4)16(15)18/h10-12,15H,9H2,1-8H3/t12-,15?/m1/s1. The third-order valence-electron chi connectivity index (χ3n) is 5.05. The predicted molar refractivity (Wildman–Crippen MR) is 87.9 cm³/mol. The average Bonchev–Trinajstić information content (AvgIpc) is 2.36. The van der Waals surface area contributed by atoms with Gasteiger partial charge in [0.25, 0.3) is 0 Å². The van der Waals surface area contributed by atoms with Crippen molar-refractivity contribution in [2.75, 3.05) is 11.9 Å². The fourth-order valence-corrected chi connectivity index (χ4v) is 3.55. The molecular formula is C18H30N2. The largest absolute Gasteiger partial charge is 0.371 e. The third kappa shape index (κ3) is 2.34. The first-order valence-corrected chi connectivity index (χ1v) is 7.99. The number of pyridine rings is 1. The van der Waals surface area contributed by atoms with Crippen LogP contribution in [0.3, 0.4) is 0 Å². The second-order valence-corrected chi connectivity index (χ2v) is 7.17. The molecule has 2 nitrogen and oxygen atoms in total. The molecule has 20 heavy (non-hydrogen) atoms. The quantitative estimate of drug-likeness (QED) is 0.771. The lowest BCUT2D eigenvalue weighted by Crippen LogP contribution is -2.38. The fourth-order valence-electron chi connectivity index (χ4n) is 3.55. The van der Waals surface area contributed by atoms with Gasteiger partial charge in [-0.1, -0.05) is 27.7 Å². The molecule has 0 bridgehead atoms. The molecule has 0 saturated heterocycles. The number of aryl methyl sites for hydroxylation is 1. The zero-order valence-electron chi connectivity index (χ0n) is 14.4. The smallest absolute Gasteiger partial charge is 0.0487 e. The molecule has 0 spiro atoms. The van der Waals surface area contributed by atoms with Gasteiger partial charge in [0.05, 0.1) is 0 Å². The highest BCUT2D eigenvalue weighted by Gasteiger charge is 2.34. The van der Waals surface area contributed by atoms with Gasteiger partial charge in [-0.2, -0.15) is 0 Å². The summed E-state index contributed by atoms with van der Waals surface area (Å²) in [5.74, 6) is 1.80. The molecule has 0 amide bonds. The van der Waals surface area contributed by atoms with Crippen molar-refractivity contribution in [2.45, 2.75) is 72.8 Å². The van der Waals surface area contributed by atoms with Gasteiger partial charge >= 0.3 is 0 Å². The SMILES string of the molecule is Cc1nc(C(C)C)c2c(c1C)N(C)[C@H](C)CC2C(C)C. The highest BCUT2D eigenvalue weighted by atomic mass is 15.1. The molecule has 1 aromatic heterocycles. The molecule has 0 aliphatic carbocycles. The normalized spacial score (nSPS) is 22.6. The van der Waals surface area contributed by atoms with E-state index in [0.29, 0.717) is 23.8 Å². The second kappa shape index (κ2) is 5.38. The van der Waals surface area contributed by atoms with Crippen LogP contribution >= 0.6 is 0 Å². The van der Waals surface area contributed by atoms with E-state index < -0.39 is 0 Å². The maximum absolute atomic E-state index is 4.95. The summed E-state index contributed by atoms with van der Waals surface area (Å²) in [4.78, 5) is 7.43. The monoisotopic (exact) mass is 274 g/mol. The number of hydrogen-bond donors (Lipinski definition) is 0. The zero-order chi connectivity index (χ0) is 15.2. The number of aromatic nitrogens is 1. The molecule has 1 aromatic rings. The molecule has 2 atom stereocenters. The van der Waals surface area contributed by atoms with Crippen LogP contribution in [0.2, 0.25) is 0 Å². The van der Waals surface area contributed by atoms with Gasteiger partial charge in [0.2, 0.25) is 0 Å². The molecule has 0 radical (unpaired) electrons. The van der Waals surface area contributed by atoms with E-state index in [1.54, 1.807) is 0 Å². The summed E-state index contributed by atoms with van der Waals surface area (Å²) in [6.45, 7) is 16.0. The molecule has 0 N–H and O–H groups in total. The van der Waals surface area contributed by atoms with Crippen molar-refractivity contribution < 1.29 is 0 Å². The Kier molecular flexibility index (Phi) is 4.13. The average molecular weight is 274 g/mol. The first kappa shape index (κ1) is 15.3. The maximum atomic E-state index is 4.95. The van der Waals surface area contributed by atoms with Crippen molar-refractivity contribution in [3.05, 3.63) is 22.5 Å². The first-order valence-electron chi connectivity index (χ1n) is 7.99. The highest BCUT2D eigenvalue weighted by molar-refractivity contribution is 5.65. The molecule has 2 heterocycles. The lowest BCUT2D eigenvalue weighted by Gasteiger charge is -2.42. The van der Waals surface area contributed by atoms with Crippen LogP contribution in [-0.4, -0.2) is 18.1 Å². The van der Waals surface area contributed by atoms with E-state index >= 15 is 0 Å². The summed E-state index contributed by atoms with van der Waals surface area (Å²) >= 11 is 0. The Labute approximate surface area is 124 Å². The molecule has 0 saturated carbocycles. The molecule has 2 heteroatoms.